The standard InChI is InChI=1S/C12H18N2O4/c1-2-17-6-3-7-18-12-5-4-10(9-13)8-11(12)14(15)16/h4-5,8H,2-3,6-7,9,13H2,1H3. The number of rotatable bonds is 8. The molecule has 0 radical (unpaired) electrons. The summed E-state index contributed by atoms with van der Waals surface area (Å²) in [4.78, 5) is 10.4. The Balaban J connectivity index is 2.61. The largest absolute Gasteiger partial charge is 0.487 e. The lowest BCUT2D eigenvalue weighted by atomic mass is 10.2. The summed E-state index contributed by atoms with van der Waals surface area (Å²) in [5.74, 6) is 0.272. The number of benzene rings is 1. The molecular formula is C12H18N2O4. The van der Waals surface area contributed by atoms with Crippen LogP contribution in [0.25, 0.3) is 0 Å². The van der Waals surface area contributed by atoms with Crippen molar-refractivity contribution < 1.29 is 14.4 Å². The summed E-state index contributed by atoms with van der Waals surface area (Å²) in [6.45, 7) is 3.82. The van der Waals surface area contributed by atoms with Gasteiger partial charge >= 0.3 is 5.69 Å². The summed E-state index contributed by atoms with van der Waals surface area (Å²) < 4.78 is 10.5. The second-order valence-corrected chi connectivity index (χ2v) is 3.66. The minimum absolute atomic E-state index is 0.0469. The maximum atomic E-state index is 10.9. The molecule has 1 aromatic rings. The van der Waals surface area contributed by atoms with Crippen LogP contribution in [0.2, 0.25) is 0 Å². The molecule has 6 heteroatoms. The number of nitrogens with two attached hydrogens (primary N) is 1. The van der Waals surface area contributed by atoms with Crippen molar-refractivity contribution in [1.82, 2.24) is 0 Å². The molecule has 0 fully saturated rings. The molecule has 0 atom stereocenters. The van der Waals surface area contributed by atoms with E-state index in [1.807, 2.05) is 6.92 Å². The van der Waals surface area contributed by atoms with Crippen LogP contribution in [0.1, 0.15) is 18.9 Å². The zero-order valence-corrected chi connectivity index (χ0v) is 10.4. The summed E-state index contributed by atoms with van der Waals surface area (Å²) in [5, 5.41) is 10.9. The molecule has 0 saturated heterocycles. The van der Waals surface area contributed by atoms with Gasteiger partial charge in [-0.05, 0) is 18.6 Å². The number of ether oxygens (including phenoxy) is 2. The van der Waals surface area contributed by atoms with Gasteiger partial charge in [0.2, 0.25) is 0 Å². The van der Waals surface area contributed by atoms with Crippen LogP contribution in [0, 0.1) is 10.1 Å². The van der Waals surface area contributed by atoms with Crippen LogP contribution in [0.4, 0.5) is 5.69 Å². The summed E-state index contributed by atoms with van der Waals surface area (Å²) in [6, 6.07) is 4.75. The fraction of sp³-hybridized carbons (Fsp3) is 0.500. The smallest absolute Gasteiger partial charge is 0.311 e. The quantitative estimate of drug-likeness (QED) is 0.434. The van der Waals surface area contributed by atoms with Gasteiger partial charge in [0.05, 0.1) is 11.5 Å². The molecule has 0 saturated carbocycles. The molecule has 0 spiro atoms. The normalized spacial score (nSPS) is 10.3. The van der Waals surface area contributed by atoms with E-state index in [1.165, 1.54) is 6.07 Å². The van der Waals surface area contributed by atoms with E-state index in [0.717, 1.165) is 0 Å². The van der Waals surface area contributed by atoms with Crippen molar-refractivity contribution in [3.63, 3.8) is 0 Å². The van der Waals surface area contributed by atoms with E-state index < -0.39 is 4.92 Å². The monoisotopic (exact) mass is 254 g/mol. The maximum absolute atomic E-state index is 10.9. The van der Waals surface area contributed by atoms with Gasteiger partial charge in [-0.25, -0.2) is 0 Å². The molecule has 100 valence electrons. The Morgan fingerprint density at radius 3 is 2.78 bits per heavy atom. The van der Waals surface area contributed by atoms with Crippen molar-refractivity contribution in [3.05, 3.63) is 33.9 Å². The number of nitro benzene ring substituents is 1. The number of nitro groups is 1. The SMILES string of the molecule is CCOCCCOc1ccc(CN)cc1[N+](=O)[O-]. The highest BCUT2D eigenvalue weighted by atomic mass is 16.6. The zero-order valence-electron chi connectivity index (χ0n) is 10.4. The average molecular weight is 254 g/mol. The zero-order chi connectivity index (χ0) is 13.4. The molecular weight excluding hydrogens is 236 g/mol. The van der Waals surface area contributed by atoms with Crippen LogP contribution in [-0.2, 0) is 11.3 Å². The molecule has 0 amide bonds. The average Bonchev–Trinajstić information content (AvgIpc) is 2.38. The predicted octanol–water partition coefficient (Wildman–Crippen LogP) is 1.86. The second kappa shape index (κ2) is 7.62. The Morgan fingerprint density at radius 1 is 1.39 bits per heavy atom. The highest BCUT2D eigenvalue weighted by Gasteiger charge is 2.15. The number of hydrogen-bond acceptors (Lipinski definition) is 5. The molecule has 2 N–H and O–H groups in total. The van der Waals surface area contributed by atoms with E-state index in [2.05, 4.69) is 0 Å². The van der Waals surface area contributed by atoms with Gasteiger partial charge in [0.25, 0.3) is 0 Å². The summed E-state index contributed by atoms with van der Waals surface area (Å²) >= 11 is 0. The molecule has 6 nitrogen and oxygen atoms in total. The summed E-state index contributed by atoms with van der Waals surface area (Å²) in [6.07, 6.45) is 0.698. The van der Waals surface area contributed by atoms with Crippen molar-refractivity contribution in [2.75, 3.05) is 19.8 Å². The van der Waals surface area contributed by atoms with Gasteiger partial charge in [-0.15, -0.1) is 0 Å². The molecule has 0 aliphatic carbocycles. The van der Waals surface area contributed by atoms with Gasteiger partial charge < -0.3 is 15.2 Å². The molecule has 0 aliphatic rings. The predicted molar refractivity (Wildman–Crippen MR) is 67.6 cm³/mol. The van der Waals surface area contributed by atoms with E-state index >= 15 is 0 Å². The van der Waals surface area contributed by atoms with Crippen LogP contribution in [0.3, 0.4) is 0 Å². The molecule has 0 aliphatic heterocycles. The second-order valence-electron chi connectivity index (χ2n) is 3.66. The lowest BCUT2D eigenvalue weighted by Gasteiger charge is -2.07. The number of hydrogen-bond donors (Lipinski definition) is 1. The summed E-state index contributed by atoms with van der Waals surface area (Å²) in [7, 11) is 0. The molecule has 1 rings (SSSR count). The lowest BCUT2D eigenvalue weighted by Crippen LogP contribution is -2.05. The van der Waals surface area contributed by atoms with E-state index in [1.54, 1.807) is 12.1 Å². The van der Waals surface area contributed by atoms with Crippen LogP contribution in [0.5, 0.6) is 5.75 Å². The van der Waals surface area contributed by atoms with Gasteiger partial charge in [-0.3, -0.25) is 10.1 Å². The Kier molecular flexibility index (Phi) is 6.10. The lowest BCUT2D eigenvalue weighted by molar-refractivity contribution is -0.385. The first-order valence-electron chi connectivity index (χ1n) is 5.87. The first-order chi connectivity index (χ1) is 8.69. The van der Waals surface area contributed by atoms with Crippen molar-refractivity contribution in [2.45, 2.75) is 19.9 Å². The van der Waals surface area contributed by atoms with Gasteiger partial charge in [0.15, 0.2) is 5.75 Å². The molecule has 0 heterocycles. The Morgan fingerprint density at radius 2 is 2.17 bits per heavy atom. The van der Waals surface area contributed by atoms with E-state index in [-0.39, 0.29) is 18.0 Å². The van der Waals surface area contributed by atoms with Crippen molar-refractivity contribution in [3.8, 4) is 5.75 Å². The first-order valence-corrected chi connectivity index (χ1v) is 5.87. The van der Waals surface area contributed by atoms with Crippen molar-refractivity contribution in [2.24, 2.45) is 5.73 Å². The van der Waals surface area contributed by atoms with Crippen LogP contribution < -0.4 is 10.5 Å². The first kappa shape index (κ1) is 14.4. The Labute approximate surface area is 106 Å². The van der Waals surface area contributed by atoms with Gasteiger partial charge in [0, 0.05) is 32.2 Å². The Hall–Kier alpha value is -1.66. The van der Waals surface area contributed by atoms with Gasteiger partial charge in [-0.1, -0.05) is 6.07 Å². The van der Waals surface area contributed by atoms with Crippen LogP contribution >= 0.6 is 0 Å². The van der Waals surface area contributed by atoms with Gasteiger partial charge in [0.1, 0.15) is 0 Å². The third kappa shape index (κ3) is 4.31. The highest BCUT2D eigenvalue weighted by Crippen LogP contribution is 2.27. The summed E-state index contributed by atoms with van der Waals surface area (Å²) in [5.41, 5.74) is 6.11. The Bertz CT molecular complexity index is 396. The molecule has 0 aromatic heterocycles. The molecule has 0 bridgehead atoms. The van der Waals surface area contributed by atoms with Crippen molar-refractivity contribution >= 4 is 5.69 Å². The van der Waals surface area contributed by atoms with E-state index in [4.69, 9.17) is 15.2 Å². The third-order valence-corrected chi connectivity index (χ3v) is 2.35. The van der Waals surface area contributed by atoms with E-state index in [9.17, 15) is 10.1 Å². The molecule has 0 unspecified atom stereocenters. The maximum Gasteiger partial charge on any atom is 0.311 e. The van der Waals surface area contributed by atoms with Crippen LogP contribution in [-0.4, -0.2) is 24.7 Å². The fourth-order valence-corrected chi connectivity index (χ4v) is 1.44. The molecule has 1 aromatic carbocycles. The highest BCUT2D eigenvalue weighted by molar-refractivity contribution is 5.48. The topological polar surface area (TPSA) is 87.6 Å². The van der Waals surface area contributed by atoms with E-state index in [0.29, 0.717) is 31.8 Å². The number of nitrogens with zero attached hydrogens (tertiary/aromatic N) is 1. The minimum Gasteiger partial charge on any atom is -0.487 e. The van der Waals surface area contributed by atoms with Gasteiger partial charge in [-0.2, -0.15) is 0 Å². The molecule has 18 heavy (non-hydrogen) atoms. The fourth-order valence-electron chi connectivity index (χ4n) is 1.44. The third-order valence-electron chi connectivity index (χ3n) is 2.35. The van der Waals surface area contributed by atoms with Crippen molar-refractivity contribution in [1.29, 1.82) is 0 Å². The minimum atomic E-state index is -0.461. The van der Waals surface area contributed by atoms with Crippen LogP contribution in [0.15, 0.2) is 18.2 Å².